The molecule has 0 radical (unpaired) electrons. The molecule has 1 aliphatic rings. The second-order valence-electron chi connectivity index (χ2n) is 5.16. The van der Waals surface area contributed by atoms with Crippen molar-refractivity contribution in [2.75, 3.05) is 19.7 Å². The summed E-state index contributed by atoms with van der Waals surface area (Å²) in [5.74, 6) is 0.855. The zero-order chi connectivity index (χ0) is 14.4. The van der Waals surface area contributed by atoms with Gasteiger partial charge < -0.3 is 15.4 Å². The molecule has 21 heavy (non-hydrogen) atoms. The van der Waals surface area contributed by atoms with E-state index in [2.05, 4.69) is 57.5 Å². The predicted octanol–water partition coefficient (Wildman–Crippen LogP) is 3.75. The molecule has 1 atom stereocenters. The maximum atomic E-state index is 5.79. The van der Waals surface area contributed by atoms with Crippen molar-refractivity contribution in [3.05, 3.63) is 20.8 Å². The highest BCUT2D eigenvalue weighted by Crippen LogP contribution is 2.24. The third-order valence-electron chi connectivity index (χ3n) is 3.30. The number of hydrogen-bond acceptors (Lipinski definition) is 3. The summed E-state index contributed by atoms with van der Waals surface area (Å²) in [4.78, 5) is 5.87. The summed E-state index contributed by atoms with van der Waals surface area (Å²) in [6, 6.07) is 4.16. The minimum Gasteiger partial charge on any atom is -0.373 e. The maximum Gasteiger partial charge on any atom is 0.191 e. The minimum atomic E-state index is -0.0534. The Morgan fingerprint density at radius 1 is 1.48 bits per heavy atom. The first-order chi connectivity index (χ1) is 9.61. The number of guanidine groups is 1. The Kier molecular flexibility index (Phi) is 8.51. The third kappa shape index (κ3) is 6.42. The zero-order valence-electron chi connectivity index (χ0n) is 12.4. The highest BCUT2D eigenvalue weighted by Gasteiger charge is 2.29. The molecule has 0 aromatic carbocycles. The molecule has 2 N–H and O–H groups in total. The molecule has 1 fully saturated rings. The van der Waals surface area contributed by atoms with Gasteiger partial charge in [0.15, 0.2) is 5.96 Å². The van der Waals surface area contributed by atoms with E-state index in [9.17, 15) is 0 Å². The zero-order valence-corrected chi connectivity index (χ0v) is 17.2. The van der Waals surface area contributed by atoms with Crippen molar-refractivity contribution >= 4 is 57.2 Å². The van der Waals surface area contributed by atoms with E-state index in [0.717, 1.165) is 42.3 Å². The lowest BCUT2D eigenvalue weighted by atomic mass is 10.0. The first-order valence-electron chi connectivity index (χ1n) is 7.02. The van der Waals surface area contributed by atoms with Crippen molar-refractivity contribution < 1.29 is 4.74 Å². The molecule has 1 unspecified atom stereocenters. The summed E-state index contributed by atoms with van der Waals surface area (Å²) < 4.78 is 6.93. The molecule has 7 heteroatoms. The van der Waals surface area contributed by atoms with Gasteiger partial charge in [-0.3, -0.25) is 0 Å². The molecule has 0 saturated carbocycles. The van der Waals surface area contributed by atoms with E-state index < -0.39 is 0 Å². The van der Waals surface area contributed by atoms with Crippen LogP contribution in [0.5, 0.6) is 0 Å². The lowest BCUT2D eigenvalue weighted by Crippen LogP contribution is -2.45. The SMILES string of the molecule is CCNC(=NCc1ccc(Br)s1)NCC1(C)CCCO1.I. The number of nitrogens with one attached hydrogen (secondary N) is 2. The summed E-state index contributed by atoms with van der Waals surface area (Å²) in [6.45, 7) is 7.46. The van der Waals surface area contributed by atoms with Crippen molar-refractivity contribution in [3.63, 3.8) is 0 Å². The van der Waals surface area contributed by atoms with Gasteiger partial charge >= 0.3 is 0 Å². The fourth-order valence-corrected chi connectivity index (χ4v) is 3.59. The van der Waals surface area contributed by atoms with Crippen LogP contribution in [0.1, 0.15) is 31.6 Å². The summed E-state index contributed by atoms with van der Waals surface area (Å²) in [5, 5.41) is 6.66. The van der Waals surface area contributed by atoms with Crippen LogP contribution in [0.3, 0.4) is 0 Å². The van der Waals surface area contributed by atoms with Gasteiger partial charge in [-0.15, -0.1) is 35.3 Å². The number of halogens is 2. The van der Waals surface area contributed by atoms with Crippen LogP contribution < -0.4 is 10.6 Å². The van der Waals surface area contributed by atoms with Gasteiger partial charge in [0.2, 0.25) is 0 Å². The molecule has 4 nitrogen and oxygen atoms in total. The molecule has 0 spiro atoms. The molecule has 1 saturated heterocycles. The van der Waals surface area contributed by atoms with Crippen LogP contribution in [0, 0.1) is 0 Å². The van der Waals surface area contributed by atoms with E-state index in [1.165, 1.54) is 4.88 Å². The fraction of sp³-hybridized carbons (Fsp3) is 0.643. The first kappa shape index (κ1) is 19.2. The Morgan fingerprint density at radius 3 is 2.86 bits per heavy atom. The van der Waals surface area contributed by atoms with Crippen LogP contribution in [0.2, 0.25) is 0 Å². The van der Waals surface area contributed by atoms with E-state index >= 15 is 0 Å². The molecule has 1 aliphatic heterocycles. The normalized spacial score (nSPS) is 22.0. The molecular formula is C14H23BrIN3OS. The van der Waals surface area contributed by atoms with Crippen molar-refractivity contribution in [1.29, 1.82) is 0 Å². The van der Waals surface area contributed by atoms with Gasteiger partial charge in [0, 0.05) is 24.6 Å². The van der Waals surface area contributed by atoms with Crippen LogP contribution in [0.25, 0.3) is 0 Å². The molecule has 2 rings (SSSR count). The second-order valence-corrected chi connectivity index (χ2v) is 7.70. The number of ether oxygens (including phenoxy) is 1. The lowest BCUT2D eigenvalue weighted by molar-refractivity contribution is 0.0243. The topological polar surface area (TPSA) is 45.7 Å². The Balaban J connectivity index is 0.00000220. The molecule has 1 aromatic heterocycles. The van der Waals surface area contributed by atoms with Crippen molar-refractivity contribution in [2.45, 2.75) is 38.8 Å². The molecule has 1 aromatic rings. The molecule has 2 heterocycles. The van der Waals surface area contributed by atoms with Crippen molar-refractivity contribution in [3.8, 4) is 0 Å². The number of rotatable bonds is 5. The quantitative estimate of drug-likeness (QED) is 0.377. The van der Waals surface area contributed by atoms with Crippen molar-refractivity contribution in [1.82, 2.24) is 10.6 Å². The summed E-state index contributed by atoms with van der Waals surface area (Å²) in [5.41, 5.74) is -0.0534. The number of aliphatic imine (C=N–C) groups is 1. The van der Waals surface area contributed by atoms with Crippen LogP contribution in [0.4, 0.5) is 0 Å². The molecule has 0 amide bonds. The Hall–Kier alpha value is 0.140. The number of nitrogens with zero attached hydrogens (tertiary/aromatic N) is 1. The highest BCUT2D eigenvalue weighted by molar-refractivity contribution is 14.0. The monoisotopic (exact) mass is 487 g/mol. The van der Waals surface area contributed by atoms with Gasteiger partial charge in [-0.05, 0) is 54.8 Å². The molecule has 120 valence electrons. The Labute approximate surface area is 156 Å². The first-order valence-corrected chi connectivity index (χ1v) is 8.62. The standard InChI is InChI=1S/C14H22BrN3OS.HI/c1-3-16-13(17-9-11-5-6-12(15)20-11)18-10-14(2)7-4-8-19-14;/h5-6H,3-4,7-10H2,1-2H3,(H2,16,17,18);1H. The largest absolute Gasteiger partial charge is 0.373 e. The van der Waals surface area contributed by atoms with Gasteiger partial charge in [0.05, 0.1) is 15.9 Å². The second kappa shape index (κ2) is 9.32. The van der Waals surface area contributed by atoms with Crippen LogP contribution in [-0.2, 0) is 11.3 Å². The minimum absolute atomic E-state index is 0. The average Bonchev–Trinajstić information content (AvgIpc) is 3.03. The van der Waals surface area contributed by atoms with Gasteiger partial charge in [0.25, 0.3) is 0 Å². The summed E-state index contributed by atoms with van der Waals surface area (Å²) >= 11 is 5.19. The summed E-state index contributed by atoms with van der Waals surface area (Å²) in [7, 11) is 0. The Morgan fingerprint density at radius 2 is 2.29 bits per heavy atom. The molecule has 0 bridgehead atoms. The van der Waals surface area contributed by atoms with Gasteiger partial charge in [-0.1, -0.05) is 0 Å². The highest BCUT2D eigenvalue weighted by atomic mass is 127. The molecular weight excluding hydrogens is 465 g/mol. The van der Waals surface area contributed by atoms with Crippen LogP contribution >= 0.6 is 51.2 Å². The summed E-state index contributed by atoms with van der Waals surface area (Å²) in [6.07, 6.45) is 2.26. The van der Waals surface area contributed by atoms with Gasteiger partial charge in [-0.2, -0.15) is 0 Å². The van der Waals surface area contributed by atoms with Gasteiger partial charge in [0.1, 0.15) is 0 Å². The van der Waals surface area contributed by atoms with Crippen LogP contribution in [0.15, 0.2) is 20.9 Å². The van der Waals surface area contributed by atoms with E-state index in [1.54, 1.807) is 11.3 Å². The van der Waals surface area contributed by atoms with E-state index in [4.69, 9.17) is 4.74 Å². The number of thiophene rings is 1. The maximum absolute atomic E-state index is 5.79. The fourth-order valence-electron chi connectivity index (χ4n) is 2.18. The lowest BCUT2D eigenvalue weighted by Gasteiger charge is -2.24. The smallest absolute Gasteiger partial charge is 0.191 e. The Bertz CT molecular complexity index is 461. The van der Waals surface area contributed by atoms with E-state index in [-0.39, 0.29) is 29.6 Å². The number of hydrogen-bond donors (Lipinski definition) is 2. The van der Waals surface area contributed by atoms with E-state index in [1.807, 2.05) is 0 Å². The van der Waals surface area contributed by atoms with Crippen molar-refractivity contribution in [2.24, 2.45) is 4.99 Å². The average molecular weight is 488 g/mol. The van der Waals surface area contributed by atoms with E-state index in [0.29, 0.717) is 6.54 Å². The van der Waals surface area contributed by atoms with Crippen LogP contribution in [-0.4, -0.2) is 31.3 Å². The molecule has 0 aliphatic carbocycles. The predicted molar refractivity (Wildman–Crippen MR) is 104 cm³/mol. The van der Waals surface area contributed by atoms with Gasteiger partial charge in [-0.25, -0.2) is 4.99 Å². The third-order valence-corrected chi connectivity index (χ3v) is 4.90.